The van der Waals surface area contributed by atoms with Crippen molar-refractivity contribution in [2.45, 2.75) is 51.2 Å². The maximum absolute atomic E-state index is 11.7. The minimum absolute atomic E-state index is 0. The largest absolute Gasteiger partial charge is 0.372 e. The van der Waals surface area contributed by atoms with Crippen molar-refractivity contribution in [3.05, 3.63) is 0 Å². The van der Waals surface area contributed by atoms with E-state index in [9.17, 15) is 4.79 Å². The molecule has 17 heavy (non-hydrogen) atoms. The number of amides is 1. The number of nitrogens with two attached hydrogens (primary N) is 1. The minimum atomic E-state index is -0.391. The van der Waals surface area contributed by atoms with Crippen LogP contribution in [0.25, 0.3) is 0 Å². The van der Waals surface area contributed by atoms with E-state index in [1.165, 1.54) is 32.1 Å². The minimum Gasteiger partial charge on any atom is -0.372 e. The average Bonchev–Trinajstić information content (AvgIpc) is 2.35. The predicted octanol–water partition coefficient (Wildman–Crippen LogP) is 1.47. The maximum atomic E-state index is 11.7. The first kappa shape index (κ1) is 16.7. The molecule has 1 fully saturated rings. The van der Waals surface area contributed by atoms with Gasteiger partial charge in [0.1, 0.15) is 6.10 Å². The second-order valence-corrected chi connectivity index (χ2v) is 4.63. The maximum Gasteiger partial charge on any atom is 0.249 e. The number of carbonyl (C=O) groups is 1. The van der Waals surface area contributed by atoms with Gasteiger partial charge in [-0.25, -0.2) is 0 Å². The summed E-state index contributed by atoms with van der Waals surface area (Å²) in [5.41, 5.74) is 5.74. The third-order valence-corrected chi connectivity index (χ3v) is 3.52. The standard InChI is InChI=1S/C12H24N2O2.ClH/c1-9(16-2)12(15)14-11(8-13)10-6-4-3-5-7-10;/h9-11H,3-8,13H2,1-2H3,(H,14,15);1H. The summed E-state index contributed by atoms with van der Waals surface area (Å²) in [5, 5.41) is 3.00. The van der Waals surface area contributed by atoms with Crippen LogP contribution in [0.1, 0.15) is 39.0 Å². The molecule has 1 saturated carbocycles. The molecule has 0 bridgehead atoms. The van der Waals surface area contributed by atoms with Crippen LogP contribution in [0.3, 0.4) is 0 Å². The Morgan fingerprint density at radius 3 is 2.47 bits per heavy atom. The van der Waals surface area contributed by atoms with Gasteiger partial charge in [-0.1, -0.05) is 19.3 Å². The summed E-state index contributed by atoms with van der Waals surface area (Å²) in [6, 6.07) is 0.116. The van der Waals surface area contributed by atoms with Crippen molar-refractivity contribution in [3.63, 3.8) is 0 Å². The Balaban J connectivity index is 0.00000256. The van der Waals surface area contributed by atoms with Crippen LogP contribution in [-0.2, 0) is 9.53 Å². The zero-order valence-corrected chi connectivity index (χ0v) is 11.6. The molecule has 1 amide bonds. The monoisotopic (exact) mass is 264 g/mol. The normalized spacial score (nSPS) is 20.2. The van der Waals surface area contributed by atoms with Gasteiger partial charge < -0.3 is 15.8 Å². The van der Waals surface area contributed by atoms with Gasteiger partial charge in [-0.2, -0.15) is 0 Å². The van der Waals surface area contributed by atoms with Crippen molar-refractivity contribution in [2.75, 3.05) is 13.7 Å². The highest BCUT2D eigenvalue weighted by Crippen LogP contribution is 2.26. The number of halogens is 1. The molecule has 5 heteroatoms. The SMILES string of the molecule is COC(C)C(=O)NC(CN)C1CCCCC1.Cl. The topological polar surface area (TPSA) is 64.3 Å². The van der Waals surface area contributed by atoms with Crippen molar-refractivity contribution < 1.29 is 9.53 Å². The lowest BCUT2D eigenvalue weighted by atomic mass is 9.84. The van der Waals surface area contributed by atoms with E-state index in [4.69, 9.17) is 10.5 Å². The molecule has 0 heterocycles. The van der Waals surface area contributed by atoms with Gasteiger partial charge in [-0.15, -0.1) is 12.4 Å². The lowest BCUT2D eigenvalue weighted by molar-refractivity contribution is -0.131. The smallest absolute Gasteiger partial charge is 0.249 e. The lowest BCUT2D eigenvalue weighted by Gasteiger charge is -2.30. The number of ether oxygens (including phenoxy) is 1. The van der Waals surface area contributed by atoms with E-state index in [1.54, 1.807) is 14.0 Å². The molecule has 0 aromatic rings. The van der Waals surface area contributed by atoms with Crippen LogP contribution < -0.4 is 11.1 Å². The molecule has 1 aliphatic carbocycles. The Morgan fingerprint density at radius 2 is 2.00 bits per heavy atom. The summed E-state index contributed by atoms with van der Waals surface area (Å²) >= 11 is 0. The molecule has 0 radical (unpaired) electrons. The van der Waals surface area contributed by atoms with Gasteiger partial charge in [0.2, 0.25) is 5.91 Å². The molecule has 0 saturated heterocycles. The van der Waals surface area contributed by atoms with E-state index < -0.39 is 6.10 Å². The van der Waals surface area contributed by atoms with Crippen LogP contribution in [-0.4, -0.2) is 31.7 Å². The summed E-state index contributed by atoms with van der Waals surface area (Å²) in [4.78, 5) is 11.7. The van der Waals surface area contributed by atoms with Gasteiger partial charge in [0.15, 0.2) is 0 Å². The van der Waals surface area contributed by atoms with Crippen LogP contribution in [0.4, 0.5) is 0 Å². The number of carbonyl (C=O) groups excluding carboxylic acids is 1. The molecule has 1 rings (SSSR count). The molecule has 3 N–H and O–H groups in total. The number of hydrogen-bond acceptors (Lipinski definition) is 3. The summed E-state index contributed by atoms with van der Waals surface area (Å²) < 4.78 is 4.99. The highest BCUT2D eigenvalue weighted by atomic mass is 35.5. The fraction of sp³-hybridized carbons (Fsp3) is 0.917. The second-order valence-electron chi connectivity index (χ2n) is 4.63. The summed E-state index contributed by atoms with van der Waals surface area (Å²) in [6.45, 7) is 2.27. The van der Waals surface area contributed by atoms with Gasteiger partial charge in [-0.05, 0) is 25.7 Å². The van der Waals surface area contributed by atoms with Crippen molar-refractivity contribution in [3.8, 4) is 0 Å². The van der Waals surface area contributed by atoms with Crippen molar-refractivity contribution in [1.29, 1.82) is 0 Å². The molecule has 4 nitrogen and oxygen atoms in total. The van der Waals surface area contributed by atoms with Crippen molar-refractivity contribution in [1.82, 2.24) is 5.32 Å². The van der Waals surface area contributed by atoms with Gasteiger partial charge in [0.05, 0.1) is 0 Å². The van der Waals surface area contributed by atoms with Gasteiger partial charge >= 0.3 is 0 Å². The molecule has 1 aliphatic rings. The first-order valence-electron chi connectivity index (χ1n) is 6.22. The highest BCUT2D eigenvalue weighted by Gasteiger charge is 2.25. The molecular formula is C12H25ClN2O2. The molecular weight excluding hydrogens is 240 g/mol. The zero-order chi connectivity index (χ0) is 12.0. The van der Waals surface area contributed by atoms with Crippen LogP contribution in [0, 0.1) is 5.92 Å². The first-order valence-corrected chi connectivity index (χ1v) is 6.22. The lowest BCUT2D eigenvalue weighted by Crippen LogP contribution is -2.49. The molecule has 0 spiro atoms. The fourth-order valence-corrected chi connectivity index (χ4v) is 2.31. The Bertz CT molecular complexity index is 221. The highest BCUT2D eigenvalue weighted by molar-refractivity contribution is 5.85. The molecule has 0 aromatic heterocycles. The third kappa shape index (κ3) is 5.23. The van der Waals surface area contributed by atoms with E-state index in [1.807, 2.05) is 0 Å². The predicted molar refractivity (Wildman–Crippen MR) is 71.3 cm³/mol. The number of nitrogens with one attached hydrogen (secondary N) is 1. The van der Waals surface area contributed by atoms with E-state index in [-0.39, 0.29) is 24.4 Å². The number of rotatable bonds is 5. The Morgan fingerprint density at radius 1 is 1.41 bits per heavy atom. The van der Waals surface area contributed by atoms with Crippen LogP contribution >= 0.6 is 12.4 Å². The summed E-state index contributed by atoms with van der Waals surface area (Å²) in [7, 11) is 1.54. The summed E-state index contributed by atoms with van der Waals surface area (Å²) in [5.74, 6) is 0.496. The van der Waals surface area contributed by atoms with Gasteiger partial charge in [0, 0.05) is 19.7 Å². The molecule has 2 unspecified atom stereocenters. The quantitative estimate of drug-likeness (QED) is 0.790. The molecule has 0 aliphatic heterocycles. The Hall–Kier alpha value is -0.320. The van der Waals surface area contributed by atoms with Crippen LogP contribution in [0.5, 0.6) is 0 Å². The van der Waals surface area contributed by atoms with Crippen molar-refractivity contribution in [2.24, 2.45) is 11.7 Å². The van der Waals surface area contributed by atoms with Crippen LogP contribution in [0.15, 0.2) is 0 Å². The fourth-order valence-electron chi connectivity index (χ4n) is 2.31. The first-order chi connectivity index (χ1) is 7.69. The molecule has 0 aromatic carbocycles. The average molecular weight is 265 g/mol. The zero-order valence-electron chi connectivity index (χ0n) is 10.8. The Kier molecular flexibility index (Phi) is 8.56. The summed E-state index contributed by atoms with van der Waals surface area (Å²) in [6.07, 6.45) is 5.81. The molecule has 2 atom stereocenters. The van der Waals surface area contributed by atoms with E-state index >= 15 is 0 Å². The van der Waals surface area contributed by atoms with Crippen molar-refractivity contribution >= 4 is 18.3 Å². The van der Waals surface area contributed by atoms with Crippen LogP contribution in [0.2, 0.25) is 0 Å². The number of methoxy groups -OCH3 is 1. The third-order valence-electron chi connectivity index (χ3n) is 3.52. The molecule has 102 valence electrons. The van der Waals surface area contributed by atoms with E-state index in [2.05, 4.69) is 5.32 Å². The van der Waals surface area contributed by atoms with E-state index in [0.717, 1.165) is 0 Å². The number of hydrogen-bond donors (Lipinski definition) is 2. The van der Waals surface area contributed by atoms with E-state index in [0.29, 0.717) is 12.5 Å². The Labute approximate surface area is 110 Å². The van der Waals surface area contributed by atoms with Gasteiger partial charge in [-0.3, -0.25) is 4.79 Å². The van der Waals surface area contributed by atoms with Gasteiger partial charge in [0.25, 0.3) is 0 Å². The second kappa shape index (κ2) is 8.72.